The fraction of sp³-hybridized carbons (Fsp3) is 0.0952. The quantitative estimate of drug-likeness (QED) is 0.318. The number of hydrogen-bond donors (Lipinski definition) is 3. The van der Waals surface area contributed by atoms with Gasteiger partial charge in [0.25, 0.3) is 5.91 Å². The number of alkyl halides is 3. The van der Waals surface area contributed by atoms with Gasteiger partial charge < -0.3 is 10.3 Å². The number of nitrogens with one attached hydrogen (secondary N) is 3. The highest BCUT2D eigenvalue weighted by atomic mass is 19.4. The van der Waals surface area contributed by atoms with Gasteiger partial charge in [0.1, 0.15) is 5.82 Å². The fourth-order valence-electron chi connectivity index (χ4n) is 2.55. The molecule has 3 aromatic rings. The molecular weight excluding hydrogens is 435 g/mol. The fourth-order valence-corrected chi connectivity index (χ4v) is 2.55. The Bertz CT molecular complexity index is 1200. The molecule has 0 fully saturated rings. The summed E-state index contributed by atoms with van der Waals surface area (Å²) in [5.74, 6) is -3.20. The lowest BCUT2D eigenvalue weighted by molar-refractivity contribution is -0.137. The number of anilines is 1. The van der Waals surface area contributed by atoms with Crippen molar-refractivity contribution in [3.8, 4) is 0 Å². The van der Waals surface area contributed by atoms with E-state index in [1.807, 2.05) is 0 Å². The zero-order valence-corrected chi connectivity index (χ0v) is 16.1. The van der Waals surface area contributed by atoms with Crippen LogP contribution in [0, 0.1) is 11.6 Å². The van der Waals surface area contributed by atoms with E-state index in [2.05, 4.69) is 20.6 Å². The molecule has 2 aromatic carbocycles. The number of amides is 1. The molecule has 11 heteroatoms. The first-order valence-corrected chi connectivity index (χ1v) is 9.05. The van der Waals surface area contributed by atoms with Crippen LogP contribution < -0.4 is 16.2 Å². The summed E-state index contributed by atoms with van der Waals surface area (Å²) >= 11 is 0. The number of carbonyl (C=O) groups is 1. The molecule has 1 aromatic heterocycles. The third kappa shape index (κ3) is 6.00. The number of carbonyl (C=O) groups excluding carboxylic acids is 1. The van der Waals surface area contributed by atoms with Gasteiger partial charge in [-0.3, -0.25) is 14.9 Å². The minimum atomic E-state index is -4.48. The minimum Gasteiger partial charge on any atom is -0.312 e. The number of aliphatic imine (C=N–C) groups is 1. The number of guanidine groups is 1. The van der Waals surface area contributed by atoms with E-state index in [1.165, 1.54) is 30.3 Å². The van der Waals surface area contributed by atoms with Gasteiger partial charge >= 0.3 is 6.18 Å². The van der Waals surface area contributed by atoms with Gasteiger partial charge in [-0.05, 0) is 42.0 Å². The predicted molar refractivity (Wildman–Crippen MR) is 107 cm³/mol. The summed E-state index contributed by atoms with van der Waals surface area (Å²) in [7, 11) is 0. The summed E-state index contributed by atoms with van der Waals surface area (Å²) < 4.78 is 64.7. The van der Waals surface area contributed by atoms with Gasteiger partial charge in [0.2, 0.25) is 11.5 Å². The van der Waals surface area contributed by atoms with Gasteiger partial charge in [0.05, 0.1) is 12.1 Å². The topological polar surface area (TPSA) is 86.3 Å². The first-order valence-electron chi connectivity index (χ1n) is 9.05. The Morgan fingerprint density at radius 1 is 0.969 bits per heavy atom. The first kappa shape index (κ1) is 22.7. The molecule has 32 heavy (non-hydrogen) atoms. The van der Waals surface area contributed by atoms with Crippen LogP contribution in [0.4, 0.5) is 27.8 Å². The van der Waals surface area contributed by atoms with Crippen molar-refractivity contribution in [3.05, 3.63) is 99.3 Å². The standard InChI is InChI=1S/C21H15F5N4O2/c22-15-9-6-13(10-16(15)23)19(32)30-20(29-17-2-1-3-18(31)28-17)27-11-12-4-7-14(8-5-12)21(24,25)26/h1-10H,11H2,(H3,27,28,29,30,31,32). The number of halogens is 5. The van der Waals surface area contributed by atoms with Gasteiger partial charge in [0, 0.05) is 11.6 Å². The van der Waals surface area contributed by atoms with E-state index in [-0.39, 0.29) is 23.9 Å². The van der Waals surface area contributed by atoms with Crippen LogP contribution >= 0.6 is 0 Å². The molecule has 0 saturated heterocycles. The number of rotatable bonds is 4. The maximum atomic E-state index is 13.4. The summed E-state index contributed by atoms with van der Waals surface area (Å²) in [5.41, 5.74) is -1.06. The van der Waals surface area contributed by atoms with Crippen LogP contribution in [-0.2, 0) is 12.7 Å². The predicted octanol–water partition coefficient (Wildman–Crippen LogP) is 4.07. The Morgan fingerprint density at radius 2 is 1.69 bits per heavy atom. The summed E-state index contributed by atoms with van der Waals surface area (Å²) in [6.45, 7) is -0.129. The Labute approximate surface area is 177 Å². The molecule has 0 spiro atoms. The zero-order chi connectivity index (χ0) is 23.3. The highest BCUT2D eigenvalue weighted by molar-refractivity contribution is 6.09. The van der Waals surface area contributed by atoms with Crippen LogP contribution in [0.3, 0.4) is 0 Å². The van der Waals surface area contributed by atoms with Crippen LogP contribution in [-0.4, -0.2) is 16.9 Å². The normalized spacial score (nSPS) is 11.8. The second-order valence-corrected chi connectivity index (χ2v) is 6.50. The molecule has 0 aliphatic heterocycles. The molecule has 0 unspecified atom stereocenters. The molecule has 3 N–H and O–H groups in total. The number of hydrogen-bond acceptors (Lipinski definition) is 3. The lowest BCUT2D eigenvalue weighted by Gasteiger charge is -2.12. The average molecular weight is 450 g/mol. The molecular formula is C21H15F5N4O2. The number of nitrogens with zero attached hydrogens (tertiary/aromatic N) is 1. The van der Waals surface area contributed by atoms with Crippen molar-refractivity contribution in [1.29, 1.82) is 0 Å². The van der Waals surface area contributed by atoms with E-state index in [1.54, 1.807) is 0 Å². The van der Waals surface area contributed by atoms with Gasteiger partial charge in [0.15, 0.2) is 11.6 Å². The Balaban J connectivity index is 1.83. The number of benzene rings is 2. The number of pyridine rings is 1. The molecule has 6 nitrogen and oxygen atoms in total. The highest BCUT2D eigenvalue weighted by Crippen LogP contribution is 2.29. The van der Waals surface area contributed by atoms with Crippen molar-refractivity contribution in [2.45, 2.75) is 12.7 Å². The van der Waals surface area contributed by atoms with E-state index < -0.39 is 34.8 Å². The molecule has 0 bridgehead atoms. The number of aromatic amines is 1. The Kier molecular flexibility index (Phi) is 6.67. The molecule has 0 aliphatic carbocycles. The summed E-state index contributed by atoms with van der Waals surface area (Å²) in [5, 5.41) is 5.03. The lowest BCUT2D eigenvalue weighted by Crippen LogP contribution is -2.36. The van der Waals surface area contributed by atoms with Crippen molar-refractivity contribution in [2.75, 3.05) is 5.32 Å². The second kappa shape index (κ2) is 9.41. The SMILES string of the molecule is O=C(NC(=NCc1ccc(C(F)(F)F)cc1)Nc1cccc(=O)[nH]1)c1ccc(F)c(F)c1. The molecule has 0 atom stereocenters. The van der Waals surface area contributed by atoms with Crippen LogP contribution in [0.2, 0.25) is 0 Å². The lowest BCUT2D eigenvalue weighted by atomic mass is 10.1. The van der Waals surface area contributed by atoms with E-state index >= 15 is 0 Å². The van der Waals surface area contributed by atoms with Crippen molar-refractivity contribution >= 4 is 17.7 Å². The monoisotopic (exact) mass is 450 g/mol. The smallest absolute Gasteiger partial charge is 0.312 e. The van der Waals surface area contributed by atoms with Crippen molar-refractivity contribution in [1.82, 2.24) is 10.3 Å². The van der Waals surface area contributed by atoms with Gasteiger partial charge in [-0.25, -0.2) is 13.8 Å². The Hall–Kier alpha value is -4.02. The summed E-state index contributed by atoms with van der Waals surface area (Å²) in [6.07, 6.45) is -4.48. The molecule has 1 amide bonds. The summed E-state index contributed by atoms with van der Waals surface area (Å²) in [4.78, 5) is 30.5. The third-order valence-electron chi connectivity index (χ3n) is 4.14. The molecule has 1 heterocycles. The number of aromatic nitrogens is 1. The number of H-pyrrole nitrogens is 1. The second-order valence-electron chi connectivity index (χ2n) is 6.50. The minimum absolute atomic E-state index is 0.129. The maximum absolute atomic E-state index is 13.4. The van der Waals surface area contributed by atoms with E-state index in [4.69, 9.17) is 0 Å². The maximum Gasteiger partial charge on any atom is 0.416 e. The molecule has 0 radical (unpaired) electrons. The Morgan fingerprint density at radius 3 is 2.31 bits per heavy atom. The van der Waals surface area contributed by atoms with Crippen molar-refractivity contribution in [3.63, 3.8) is 0 Å². The molecule has 166 valence electrons. The van der Waals surface area contributed by atoms with Gasteiger partial charge in [-0.2, -0.15) is 13.2 Å². The third-order valence-corrected chi connectivity index (χ3v) is 4.14. The molecule has 0 saturated carbocycles. The largest absolute Gasteiger partial charge is 0.416 e. The van der Waals surface area contributed by atoms with Crippen LogP contribution in [0.25, 0.3) is 0 Å². The molecule has 0 aliphatic rings. The van der Waals surface area contributed by atoms with Crippen molar-refractivity contribution < 1.29 is 26.7 Å². The van der Waals surface area contributed by atoms with Crippen molar-refractivity contribution in [2.24, 2.45) is 4.99 Å². The van der Waals surface area contributed by atoms with Crippen LogP contribution in [0.15, 0.2) is 70.5 Å². The van der Waals surface area contributed by atoms with Crippen LogP contribution in [0.5, 0.6) is 0 Å². The zero-order valence-electron chi connectivity index (χ0n) is 16.1. The highest BCUT2D eigenvalue weighted by Gasteiger charge is 2.29. The van der Waals surface area contributed by atoms with E-state index in [0.717, 1.165) is 24.3 Å². The van der Waals surface area contributed by atoms with E-state index in [0.29, 0.717) is 11.6 Å². The molecule has 3 rings (SSSR count). The van der Waals surface area contributed by atoms with Gasteiger partial charge in [-0.1, -0.05) is 18.2 Å². The van der Waals surface area contributed by atoms with Crippen LogP contribution in [0.1, 0.15) is 21.5 Å². The average Bonchev–Trinajstić information content (AvgIpc) is 2.73. The summed E-state index contributed by atoms with van der Waals surface area (Å²) in [6, 6.07) is 10.9. The van der Waals surface area contributed by atoms with Gasteiger partial charge in [-0.15, -0.1) is 0 Å². The first-order chi connectivity index (χ1) is 15.1. The van der Waals surface area contributed by atoms with E-state index in [9.17, 15) is 31.5 Å².